The van der Waals surface area contributed by atoms with Crippen molar-refractivity contribution in [1.82, 2.24) is 16.0 Å². The molecule has 13 heteroatoms. The van der Waals surface area contributed by atoms with Crippen LogP contribution in [0.4, 0.5) is 0 Å². The van der Waals surface area contributed by atoms with Crippen molar-refractivity contribution >= 4 is 47.7 Å². The Bertz CT molecular complexity index is 630. The third kappa shape index (κ3) is 12.0. The van der Waals surface area contributed by atoms with Gasteiger partial charge in [0, 0.05) is 12.8 Å². The highest BCUT2D eigenvalue weighted by molar-refractivity contribution is 7.98. The number of hydrogen-bond donors (Lipinski definition) is 6. The number of thioether (sulfide) groups is 1. The minimum atomic E-state index is -1.37. The average Bonchev–Trinajstić information content (AvgIpc) is 2.67. The molecule has 0 radical (unpaired) electrons. The number of hydrogen-bond acceptors (Lipinski definition) is 8. The standard InChI is InChI=1S/C17H27N3O9S/c1-30-6-5-11(16(28)18-10(8-21)7-15(26)27)20-17(29)12(9-22)19-13(23)3-2-4-14(24)25/h8,10-12,22H,2-7,9H2,1H3,(H,18,28)(H,19,23)(H,20,29)(H,24,25)(H,26,27)/t10-,11-,12-/m0/s1. The normalized spacial score (nSPS) is 13.4. The van der Waals surface area contributed by atoms with Gasteiger partial charge in [0.25, 0.3) is 0 Å². The van der Waals surface area contributed by atoms with Gasteiger partial charge < -0.3 is 36.1 Å². The van der Waals surface area contributed by atoms with Gasteiger partial charge in [-0.05, 0) is 24.9 Å². The fourth-order valence-electron chi connectivity index (χ4n) is 2.24. The monoisotopic (exact) mass is 449 g/mol. The molecule has 0 aromatic carbocycles. The number of aliphatic carboxylic acids is 2. The van der Waals surface area contributed by atoms with E-state index in [1.54, 1.807) is 6.26 Å². The van der Waals surface area contributed by atoms with Crippen LogP contribution in [-0.4, -0.2) is 88.0 Å². The summed E-state index contributed by atoms with van der Waals surface area (Å²) in [7, 11) is 0. The molecule has 170 valence electrons. The first-order chi connectivity index (χ1) is 14.1. The molecule has 0 aromatic rings. The van der Waals surface area contributed by atoms with Crippen LogP contribution >= 0.6 is 11.8 Å². The zero-order chi connectivity index (χ0) is 23.1. The van der Waals surface area contributed by atoms with E-state index in [0.717, 1.165) is 0 Å². The number of carboxylic acids is 2. The van der Waals surface area contributed by atoms with Crippen molar-refractivity contribution in [3.63, 3.8) is 0 Å². The summed E-state index contributed by atoms with van der Waals surface area (Å²) in [5.74, 6) is -4.18. The number of aliphatic hydroxyl groups is 1. The smallest absolute Gasteiger partial charge is 0.305 e. The van der Waals surface area contributed by atoms with Gasteiger partial charge in [-0.25, -0.2) is 0 Å². The number of carbonyl (C=O) groups is 6. The van der Waals surface area contributed by atoms with Crippen molar-refractivity contribution in [2.24, 2.45) is 0 Å². The maximum absolute atomic E-state index is 12.4. The molecule has 0 saturated heterocycles. The first kappa shape index (κ1) is 27.3. The second kappa shape index (κ2) is 15.2. The number of amides is 3. The van der Waals surface area contributed by atoms with Gasteiger partial charge in [0.2, 0.25) is 17.7 Å². The molecule has 0 fully saturated rings. The lowest BCUT2D eigenvalue weighted by Gasteiger charge is -2.23. The van der Waals surface area contributed by atoms with Gasteiger partial charge in [0.15, 0.2) is 0 Å². The van der Waals surface area contributed by atoms with Gasteiger partial charge in [-0.1, -0.05) is 0 Å². The molecule has 0 bridgehead atoms. The third-order valence-corrected chi connectivity index (χ3v) is 4.40. The maximum atomic E-state index is 12.4. The van der Waals surface area contributed by atoms with Gasteiger partial charge in [0.1, 0.15) is 18.4 Å². The van der Waals surface area contributed by atoms with Crippen LogP contribution in [0.1, 0.15) is 32.1 Å². The molecule has 12 nitrogen and oxygen atoms in total. The fourth-order valence-corrected chi connectivity index (χ4v) is 2.71. The fraction of sp³-hybridized carbons (Fsp3) is 0.647. The molecule has 0 rings (SSSR count). The van der Waals surface area contributed by atoms with Crippen LogP contribution in [0.25, 0.3) is 0 Å². The number of carbonyl (C=O) groups excluding carboxylic acids is 4. The Kier molecular flexibility index (Phi) is 13.9. The van der Waals surface area contributed by atoms with E-state index in [1.165, 1.54) is 11.8 Å². The summed E-state index contributed by atoms with van der Waals surface area (Å²) in [4.78, 5) is 68.7. The number of rotatable bonds is 16. The van der Waals surface area contributed by atoms with E-state index in [-0.39, 0.29) is 32.0 Å². The van der Waals surface area contributed by atoms with Crippen molar-refractivity contribution < 1.29 is 44.1 Å². The molecule has 3 atom stereocenters. The number of aldehydes is 1. The lowest BCUT2D eigenvalue weighted by molar-refractivity contribution is -0.139. The van der Waals surface area contributed by atoms with Gasteiger partial charge >= 0.3 is 11.9 Å². The molecule has 0 unspecified atom stereocenters. The highest BCUT2D eigenvalue weighted by atomic mass is 32.2. The van der Waals surface area contributed by atoms with Crippen LogP contribution in [-0.2, 0) is 28.8 Å². The second-order valence-electron chi connectivity index (χ2n) is 6.24. The van der Waals surface area contributed by atoms with Gasteiger partial charge in [-0.15, -0.1) is 0 Å². The minimum Gasteiger partial charge on any atom is -0.481 e. The van der Waals surface area contributed by atoms with Crippen LogP contribution in [0.2, 0.25) is 0 Å². The lowest BCUT2D eigenvalue weighted by Crippen LogP contribution is -2.56. The van der Waals surface area contributed by atoms with Crippen molar-refractivity contribution in [2.75, 3.05) is 18.6 Å². The SMILES string of the molecule is CSCC[C@H](NC(=O)[C@H](CO)NC(=O)CCCC(=O)O)C(=O)N[C@H](C=O)CC(=O)O. The highest BCUT2D eigenvalue weighted by Crippen LogP contribution is 2.03. The second-order valence-corrected chi connectivity index (χ2v) is 7.23. The van der Waals surface area contributed by atoms with Gasteiger partial charge in [-0.3, -0.25) is 24.0 Å². The van der Waals surface area contributed by atoms with Crippen LogP contribution in [0.15, 0.2) is 0 Å². The average molecular weight is 449 g/mol. The quantitative estimate of drug-likeness (QED) is 0.145. The van der Waals surface area contributed by atoms with Crippen LogP contribution < -0.4 is 16.0 Å². The van der Waals surface area contributed by atoms with Crippen molar-refractivity contribution in [3.8, 4) is 0 Å². The minimum absolute atomic E-state index is 0.0519. The summed E-state index contributed by atoms with van der Waals surface area (Å²) in [6.45, 7) is -0.761. The van der Waals surface area contributed by atoms with E-state index in [0.29, 0.717) is 5.75 Å². The third-order valence-electron chi connectivity index (χ3n) is 3.76. The number of aliphatic hydroxyl groups excluding tert-OH is 1. The predicted molar refractivity (Wildman–Crippen MR) is 106 cm³/mol. The summed E-state index contributed by atoms with van der Waals surface area (Å²) in [6.07, 6.45) is 1.23. The molecule has 30 heavy (non-hydrogen) atoms. The largest absolute Gasteiger partial charge is 0.481 e. The van der Waals surface area contributed by atoms with Gasteiger partial charge in [-0.2, -0.15) is 11.8 Å². The molecule has 0 aliphatic heterocycles. The molecule has 0 saturated carbocycles. The molecule has 0 spiro atoms. The topological polar surface area (TPSA) is 199 Å². The van der Waals surface area contributed by atoms with Gasteiger partial charge in [0.05, 0.1) is 19.1 Å². The highest BCUT2D eigenvalue weighted by Gasteiger charge is 2.27. The number of nitrogens with one attached hydrogen (secondary N) is 3. The first-order valence-corrected chi connectivity index (χ1v) is 10.4. The molecular weight excluding hydrogens is 422 g/mol. The zero-order valence-corrected chi connectivity index (χ0v) is 17.3. The van der Waals surface area contributed by atoms with Crippen LogP contribution in [0, 0.1) is 0 Å². The Balaban J connectivity index is 4.97. The van der Waals surface area contributed by atoms with E-state index in [9.17, 15) is 33.9 Å². The summed E-state index contributed by atoms with van der Waals surface area (Å²) in [5.41, 5.74) is 0. The lowest BCUT2D eigenvalue weighted by atomic mass is 10.1. The molecule has 0 aromatic heterocycles. The molecule has 0 aliphatic rings. The van der Waals surface area contributed by atoms with E-state index < -0.39 is 60.8 Å². The van der Waals surface area contributed by atoms with E-state index >= 15 is 0 Å². The van der Waals surface area contributed by atoms with Crippen molar-refractivity contribution in [1.29, 1.82) is 0 Å². The maximum Gasteiger partial charge on any atom is 0.305 e. The number of carboxylic acid groups (broad SMARTS) is 2. The summed E-state index contributed by atoms with van der Waals surface area (Å²) >= 11 is 1.38. The molecular formula is C17H27N3O9S. The predicted octanol–water partition coefficient (Wildman–Crippen LogP) is -1.89. The van der Waals surface area contributed by atoms with E-state index in [4.69, 9.17) is 10.2 Å². The first-order valence-electron chi connectivity index (χ1n) is 9.03. The van der Waals surface area contributed by atoms with Crippen LogP contribution in [0.3, 0.4) is 0 Å². The zero-order valence-electron chi connectivity index (χ0n) is 16.5. The summed E-state index contributed by atoms with van der Waals surface area (Å²) < 4.78 is 0. The van der Waals surface area contributed by atoms with Crippen molar-refractivity contribution in [3.05, 3.63) is 0 Å². The Morgan fingerprint density at radius 3 is 2.07 bits per heavy atom. The Hall–Kier alpha value is -2.67. The van der Waals surface area contributed by atoms with E-state index in [2.05, 4.69) is 16.0 Å². The molecule has 6 N–H and O–H groups in total. The molecule has 3 amide bonds. The van der Waals surface area contributed by atoms with E-state index in [1.807, 2.05) is 0 Å². The van der Waals surface area contributed by atoms with Crippen molar-refractivity contribution in [2.45, 2.75) is 50.2 Å². The molecule has 0 heterocycles. The van der Waals surface area contributed by atoms with Crippen LogP contribution in [0.5, 0.6) is 0 Å². The Morgan fingerprint density at radius 1 is 0.933 bits per heavy atom. The summed E-state index contributed by atoms with van der Waals surface area (Å²) in [5, 5.41) is 33.6. The summed E-state index contributed by atoms with van der Waals surface area (Å²) in [6, 6.07) is -3.77. The Labute approximate surface area is 177 Å². The Morgan fingerprint density at radius 2 is 1.57 bits per heavy atom. The molecule has 0 aliphatic carbocycles.